The Balaban J connectivity index is 2.22. The molecule has 0 aromatic rings. The third kappa shape index (κ3) is 1.88. The molecule has 0 aliphatic heterocycles. The zero-order chi connectivity index (χ0) is 6.69. The summed E-state index contributed by atoms with van der Waals surface area (Å²) in [6, 6.07) is 0. The van der Waals surface area contributed by atoms with Gasteiger partial charge in [-0.2, -0.15) is 0 Å². The summed E-state index contributed by atoms with van der Waals surface area (Å²) < 4.78 is 4.64. The molecule has 0 atom stereocenters. The highest BCUT2D eigenvalue weighted by molar-refractivity contribution is 5.66. The quantitative estimate of drug-likeness (QED) is 0.394. The Morgan fingerprint density at radius 1 is 1.67 bits per heavy atom. The maximum Gasteiger partial charge on any atom is 0.307 e. The van der Waals surface area contributed by atoms with Crippen LogP contribution >= 0.6 is 0 Å². The van der Waals surface area contributed by atoms with E-state index in [0.29, 0.717) is 0 Å². The van der Waals surface area contributed by atoms with Crippen molar-refractivity contribution in [2.75, 3.05) is 0 Å². The highest BCUT2D eigenvalue weighted by Gasteiger charge is 2.07. The van der Waals surface area contributed by atoms with Crippen LogP contribution in [0.5, 0.6) is 0 Å². The zero-order valence-corrected chi connectivity index (χ0v) is 5.52. The van der Waals surface area contributed by atoms with Gasteiger partial charge < -0.3 is 4.74 Å². The predicted octanol–water partition coefficient (Wildman–Crippen LogP) is 1.62. The third-order valence-electron chi connectivity index (χ3n) is 1.39. The van der Waals surface area contributed by atoms with E-state index in [1.807, 2.05) is 0 Å². The van der Waals surface area contributed by atoms with Crippen molar-refractivity contribution in [3.05, 3.63) is 11.8 Å². The SMILES string of the molecule is CC(=O)OC=C1CCC1. The average molecular weight is 126 g/mol. The molecule has 0 heterocycles. The van der Waals surface area contributed by atoms with Crippen LogP contribution in [-0.4, -0.2) is 5.97 Å². The van der Waals surface area contributed by atoms with E-state index in [1.54, 1.807) is 6.26 Å². The van der Waals surface area contributed by atoms with E-state index in [0.717, 1.165) is 12.8 Å². The molecule has 9 heavy (non-hydrogen) atoms. The molecule has 0 spiro atoms. The van der Waals surface area contributed by atoms with Gasteiger partial charge >= 0.3 is 5.97 Å². The Bertz CT molecular complexity index is 141. The van der Waals surface area contributed by atoms with E-state index in [1.165, 1.54) is 18.9 Å². The van der Waals surface area contributed by atoms with E-state index in [9.17, 15) is 4.79 Å². The Hall–Kier alpha value is -0.790. The Kier molecular flexibility index (Phi) is 1.88. The number of carbonyl (C=O) groups excluding carboxylic acids is 1. The van der Waals surface area contributed by atoms with Crippen molar-refractivity contribution in [2.45, 2.75) is 26.2 Å². The summed E-state index contributed by atoms with van der Waals surface area (Å²) in [5, 5.41) is 0. The van der Waals surface area contributed by atoms with E-state index in [2.05, 4.69) is 4.74 Å². The van der Waals surface area contributed by atoms with Gasteiger partial charge in [0.25, 0.3) is 0 Å². The summed E-state index contributed by atoms with van der Waals surface area (Å²) in [6.07, 6.45) is 5.03. The first kappa shape index (κ1) is 6.33. The van der Waals surface area contributed by atoms with E-state index in [-0.39, 0.29) is 5.97 Å². The van der Waals surface area contributed by atoms with Crippen LogP contribution in [0.4, 0.5) is 0 Å². The molecule has 0 amide bonds. The van der Waals surface area contributed by atoms with Crippen molar-refractivity contribution in [3.8, 4) is 0 Å². The molecule has 0 unspecified atom stereocenters. The van der Waals surface area contributed by atoms with Gasteiger partial charge in [-0.1, -0.05) is 0 Å². The fourth-order valence-electron chi connectivity index (χ4n) is 0.665. The lowest BCUT2D eigenvalue weighted by molar-refractivity contribution is -0.135. The molecule has 0 saturated heterocycles. The molecule has 50 valence electrons. The Morgan fingerprint density at radius 2 is 2.33 bits per heavy atom. The third-order valence-corrected chi connectivity index (χ3v) is 1.39. The molecule has 0 radical (unpaired) electrons. The first-order chi connectivity index (χ1) is 4.29. The second-order valence-electron chi connectivity index (χ2n) is 2.24. The van der Waals surface area contributed by atoms with Crippen molar-refractivity contribution >= 4 is 5.97 Å². The predicted molar refractivity (Wildman–Crippen MR) is 33.7 cm³/mol. The Labute approximate surface area is 54.5 Å². The van der Waals surface area contributed by atoms with E-state index < -0.39 is 0 Å². The molecule has 0 aromatic heterocycles. The van der Waals surface area contributed by atoms with Gasteiger partial charge in [0.05, 0.1) is 6.26 Å². The van der Waals surface area contributed by atoms with Crippen LogP contribution in [0.25, 0.3) is 0 Å². The fourth-order valence-corrected chi connectivity index (χ4v) is 0.665. The van der Waals surface area contributed by atoms with Crippen LogP contribution in [-0.2, 0) is 9.53 Å². The van der Waals surface area contributed by atoms with Gasteiger partial charge in [0, 0.05) is 6.92 Å². The van der Waals surface area contributed by atoms with Gasteiger partial charge in [-0.3, -0.25) is 4.79 Å². The number of hydrogen-bond donors (Lipinski definition) is 0. The molecule has 2 heteroatoms. The normalized spacial score (nSPS) is 16.3. The monoisotopic (exact) mass is 126 g/mol. The second-order valence-corrected chi connectivity index (χ2v) is 2.24. The van der Waals surface area contributed by atoms with Crippen molar-refractivity contribution in [2.24, 2.45) is 0 Å². The molecule has 1 aliphatic rings. The maximum atomic E-state index is 10.2. The van der Waals surface area contributed by atoms with Crippen LogP contribution in [0.3, 0.4) is 0 Å². The smallest absolute Gasteiger partial charge is 0.307 e. The fraction of sp³-hybridized carbons (Fsp3) is 0.571. The molecule has 1 rings (SSSR count). The molecule has 0 bridgehead atoms. The number of rotatable bonds is 1. The van der Waals surface area contributed by atoms with Gasteiger partial charge in [0.2, 0.25) is 0 Å². The van der Waals surface area contributed by atoms with Crippen LogP contribution in [0, 0.1) is 0 Å². The summed E-state index contributed by atoms with van der Waals surface area (Å²) in [5.74, 6) is -0.227. The Morgan fingerprint density at radius 3 is 2.67 bits per heavy atom. The van der Waals surface area contributed by atoms with Gasteiger partial charge in [-0.05, 0) is 24.8 Å². The van der Waals surface area contributed by atoms with Crippen LogP contribution in [0.15, 0.2) is 11.8 Å². The molecular weight excluding hydrogens is 116 g/mol. The zero-order valence-electron chi connectivity index (χ0n) is 5.52. The largest absolute Gasteiger partial charge is 0.435 e. The van der Waals surface area contributed by atoms with Gasteiger partial charge in [0.1, 0.15) is 0 Å². The molecule has 2 nitrogen and oxygen atoms in total. The highest BCUT2D eigenvalue weighted by atomic mass is 16.5. The number of allylic oxidation sites excluding steroid dienone is 1. The second kappa shape index (κ2) is 2.67. The van der Waals surface area contributed by atoms with Crippen molar-refractivity contribution in [1.29, 1.82) is 0 Å². The van der Waals surface area contributed by atoms with Crippen molar-refractivity contribution < 1.29 is 9.53 Å². The number of hydrogen-bond acceptors (Lipinski definition) is 2. The van der Waals surface area contributed by atoms with Crippen LogP contribution in [0.1, 0.15) is 26.2 Å². The number of ether oxygens (including phenoxy) is 1. The lowest BCUT2D eigenvalue weighted by atomic mass is 9.94. The minimum Gasteiger partial charge on any atom is -0.435 e. The number of esters is 1. The first-order valence-electron chi connectivity index (χ1n) is 3.14. The van der Waals surface area contributed by atoms with Crippen LogP contribution < -0.4 is 0 Å². The summed E-state index contributed by atoms with van der Waals surface area (Å²) in [6.45, 7) is 1.41. The van der Waals surface area contributed by atoms with Crippen LogP contribution in [0.2, 0.25) is 0 Å². The van der Waals surface area contributed by atoms with Crippen molar-refractivity contribution in [3.63, 3.8) is 0 Å². The average Bonchev–Trinajstić information content (AvgIpc) is 1.60. The topological polar surface area (TPSA) is 26.3 Å². The summed E-state index contributed by atoms with van der Waals surface area (Å²) in [5.41, 5.74) is 1.25. The molecule has 0 aromatic carbocycles. The standard InChI is InChI=1S/C7H10O2/c1-6(8)9-5-7-3-2-4-7/h5H,2-4H2,1H3. The summed E-state index contributed by atoms with van der Waals surface area (Å²) in [4.78, 5) is 10.2. The van der Waals surface area contributed by atoms with E-state index >= 15 is 0 Å². The minimum atomic E-state index is -0.227. The molecule has 1 saturated carbocycles. The van der Waals surface area contributed by atoms with Gasteiger partial charge in [0.15, 0.2) is 0 Å². The molecular formula is C7H10O2. The minimum absolute atomic E-state index is 0.227. The molecule has 1 aliphatic carbocycles. The summed E-state index contributed by atoms with van der Waals surface area (Å²) >= 11 is 0. The summed E-state index contributed by atoms with van der Waals surface area (Å²) in [7, 11) is 0. The highest BCUT2D eigenvalue weighted by Crippen LogP contribution is 2.24. The van der Waals surface area contributed by atoms with Crippen molar-refractivity contribution in [1.82, 2.24) is 0 Å². The lowest BCUT2D eigenvalue weighted by Crippen LogP contribution is -1.99. The number of carbonyl (C=O) groups is 1. The lowest BCUT2D eigenvalue weighted by Gasteiger charge is -2.14. The first-order valence-corrected chi connectivity index (χ1v) is 3.14. The van der Waals surface area contributed by atoms with Gasteiger partial charge in [-0.15, -0.1) is 0 Å². The molecule has 1 fully saturated rings. The molecule has 0 N–H and O–H groups in total. The maximum absolute atomic E-state index is 10.2. The van der Waals surface area contributed by atoms with E-state index in [4.69, 9.17) is 0 Å². The van der Waals surface area contributed by atoms with Gasteiger partial charge in [-0.25, -0.2) is 0 Å².